The molecule has 1 unspecified atom stereocenters. The van der Waals surface area contributed by atoms with Crippen molar-refractivity contribution in [2.75, 3.05) is 37.3 Å². The van der Waals surface area contributed by atoms with E-state index in [1.54, 1.807) is 12.4 Å². The first-order valence-electron chi connectivity index (χ1n) is 10.2. The van der Waals surface area contributed by atoms with Crippen LogP contribution in [0.25, 0.3) is 0 Å². The number of hydrogen-bond acceptors (Lipinski definition) is 6. The van der Waals surface area contributed by atoms with Crippen LogP contribution in [-0.2, 0) is 0 Å². The van der Waals surface area contributed by atoms with Crippen molar-refractivity contribution in [2.24, 2.45) is 0 Å². The van der Waals surface area contributed by atoms with Gasteiger partial charge in [-0.25, -0.2) is 4.98 Å². The minimum absolute atomic E-state index is 0.319. The third-order valence-electron chi connectivity index (χ3n) is 4.43. The highest BCUT2D eigenvalue weighted by Crippen LogP contribution is 2.16. The Hall–Kier alpha value is -3.43. The molecule has 2 heterocycles. The van der Waals surface area contributed by atoms with Crippen LogP contribution in [0.3, 0.4) is 0 Å². The number of aromatic nitrogens is 2. The summed E-state index contributed by atoms with van der Waals surface area (Å²) in [7, 11) is 1.87. The van der Waals surface area contributed by atoms with Gasteiger partial charge in [0, 0.05) is 44.1 Å². The molecule has 0 bridgehead atoms. The van der Waals surface area contributed by atoms with E-state index in [-0.39, 0.29) is 0 Å². The summed E-state index contributed by atoms with van der Waals surface area (Å²) >= 11 is 0. The molecule has 1 atom stereocenters. The van der Waals surface area contributed by atoms with E-state index in [0.29, 0.717) is 11.5 Å². The van der Waals surface area contributed by atoms with Gasteiger partial charge in [-0.05, 0) is 37.2 Å². The zero-order valence-electron chi connectivity index (χ0n) is 17.7. The van der Waals surface area contributed by atoms with Crippen LogP contribution in [-0.4, -0.2) is 36.6 Å². The minimum atomic E-state index is 0.319. The molecule has 6 nitrogen and oxygen atoms in total. The van der Waals surface area contributed by atoms with Crippen molar-refractivity contribution >= 4 is 11.5 Å². The molecule has 6 heteroatoms. The minimum Gasteiger partial charge on any atom is -0.382 e. The zero-order valence-corrected chi connectivity index (χ0v) is 17.7. The predicted octanol–water partition coefficient (Wildman–Crippen LogP) is 4.27. The number of rotatable bonds is 9. The zero-order chi connectivity index (χ0) is 21.4. The van der Waals surface area contributed by atoms with Gasteiger partial charge in [0.2, 0.25) is 0 Å². The van der Waals surface area contributed by atoms with Crippen molar-refractivity contribution in [3.63, 3.8) is 0 Å². The lowest BCUT2D eigenvalue weighted by atomic mass is 10.1. The van der Waals surface area contributed by atoms with Crippen molar-refractivity contribution in [3.05, 3.63) is 84.3 Å². The van der Waals surface area contributed by atoms with Crippen LogP contribution in [0.2, 0.25) is 0 Å². The normalized spacial score (nSPS) is 10.8. The number of anilines is 2. The van der Waals surface area contributed by atoms with Gasteiger partial charge in [0.25, 0.3) is 0 Å². The molecule has 0 aliphatic rings. The van der Waals surface area contributed by atoms with Crippen molar-refractivity contribution in [1.82, 2.24) is 15.3 Å². The van der Waals surface area contributed by atoms with Gasteiger partial charge in [0.05, 0.1) is 11.3 Å². The molecule has 0 spiro atoms. The molecular weight excluding hydrogens is 372 g/mol. The SMILES string of the molecule is CNc1ncccc1NCCCNCC(C)c1ccc(C#N)cn1.c1ccccc1. The van der Waals surface area contributed by atoms with E-state index >= 15 is 0 Å². The molecule has 0 radical (unpaired) electrons. The van der Waals surface area contributed by atoms with Crippen LogP contribution in [0.15, 0.2) is 73.1 Å². The predicted molar refractivity (Wildman–Crippen MR) is 124 cm³/mol. The Bertz CT molecular complexity index is 847. The second-order valence-corrected chi connectivity index (χ2v) is 6.77. The van der Waals surface area contributed by atoms with Crippen molar-refractivity contribution in [2.45, 2.75) is 19.3 Å². The van der Waals surface area contributed by atoms with E-state index in [4.69, 9.17) is 5.26 Å². The number of nitrogens with one attached hydrogen (secondary N) is 3. The second-order valence-electron chi connectivity index (χ2n) is 6.77. The summed E-state index contributed by atoms with van der Waals surface area (Å²) in [5, 5.41) is 18.7. The Kier molecular flexibility index (Phi) is 10.4. The first-order chi connectivity index (χ1) is 14.7. The molecule has 1 aromatic carbocycles. The first-order valence-corrected chi connectivity index (χ1v) is 10.2. The fourth-order valence-electron chi connectivity index (χ4n) is 2.75. The lowest BCUT2D eigenvalue weighted by Gasteiger charge is -2.13. The topological polar surface area (TPSA) is 85.7 Å². The standard InChI is InChI=1S/C18H24N6.C6H6/c1-14(16-7-6-15(11-19)13-24-16)12-21-8-4-10-22-17-5-3-9-23-18(17)20-2;1-2-4-6-5-3-1/h3,5-7,9,13-14,21-22H,4,8,10,12H2,1-2H3,(H,20,23);1-6H. The van der Waals surface area contributed by atoms with Crippen molar-refractivity contribution in [1.29, 1.82) is 5.26 Å². The first kappa shape index (κ1) is 22.9. The lowest BCUT2D eigenvalue weighted by Crippen LogP contribution is -2.23. The largest absolute Gasteiger partial charge is 0.382 e. The summed E-state index contributed by atoms with van der Waals surface area (Å²) in [5.41, 5.74) is 2.63. The van der Waals surface area contributed by atoms with Gasteiger partial charge in [-0.15, -0.1) is 0 Å². The highest BCUT2D eigenvalue weighted by molar-refractivity contribution is 5.63. The molecule has 3 aromatic rings. The third-order valence-corrected chi connectivity index (χ3v) is 4.43. The van der Waals surface area contributed by atoms with Crippen LogP contribution in [0.1, 0.15) is 30.5 Å². The molecule has 0 amide bonds. The second kappa shape index (κ2) is 13.7. The van der Waals surface area contributed by atoms with Gasteiger partial charge in [-0.3, -0.25) is 4.98 Å². The summed E-state index contributed by atoms with van der Waals surface area (Å²) < 4.78 is 0. The van der Waals surface area contributed by atoms with Crippen LogP contribution in [0.4, 0.5) is 11.5 Å². The van der Waals surface area contributed by atoms with Crippen molar-refractivity contribution in [3.8, 4) is 6.07 Å². The molecule has 3 N–H and O–H groups in total. The molecule has 3 rings (SSSR count). The fourth-order valence-corrected chi connectivity index (χ4v) is 2.75. The molecule has 0 aliphatic carbocycles. The Morgan fingerprint density at radius 1 is 0.967 bits per heavy atom. The molecule has 30 heavy (non-hydrogen) atoms. The highest BCUT2D eigenvalue weighted by atomic mass is 15.0. The van der Waals surface area contributed by atoms with Gasteiger partial charge in [-0.1, -0.05) is 43.3 Å². The molecule has 0 saturated carbocycles. The average molecular weight is 403 g/mol. The molecule has 0 saturated heterocycles. The summed E-state index contributed by atoms with van der Waals surface area (Å²) in [6, 6.07) is 21.8. The Morgan fingerprint density at radius 2 is 1.70 bits per heavy atom. The molecule has 156 valence electrons. The van der Waals surface area contributed by atoms with Crippen LogP contribution in [0, 0.1) is 11.3 Å². The maximum absolute atomic E-state index is 8.79. The Balaban J connectivity index is 0.000000456. The number of nitriles is 1. The lowest BCUT2D eigenvalue weighted by molar-refractivity contribution is 0.594. The summed E-state index contributed by atoms with van der Waals surface area (Å²) in [6.07, 6.45) is 4.42. The third kappa shape index (κ3) is 8.29. The summed E-state index contributed by atoms with van der Waals surface area (Å²) in [4.78, 5) is 8.60. The number of benzene rings is 1. The van der Waals surface area contributed by atoms with E-state index in [1.807, 2.05) is 67.7 Å². The summed E-state index contributed by atoms with van der Waals surface area (Å²) in [5.74, 6) is 1.19. The number of pyridine rings is 2. The quantitative estimate of drug-likeness (QED) is 0.464. The maximum atomic E-state index is 8.79. The Labute approximate surface area is 179 Å². The van der Waals surface area contributed by atoms with Crippen molar-refractivity contribution < 1.29 is 0 Å². The highest BCUT2D eigenvalue weighted by Gasteiger charge is 2.06. The van der Waals surface area contributed by atoms with E-state index in [1.165, 1.54) is 0 Å². The molecule has 2 aromatic heterocycles. The molecule has 0 fully saturated rings. The van der Waals surface area contributed by atoms with E-state index in [2.05, 4.69) is 38.9 Å². The van der Waals surface area contributed by atoms with Gasteiger partial charge in [0.15, 0.2) is 0 Å². The van der Waals surface area contributed by atoms with Gasteiger partial charge in [-0.2, -0.15) is 5.26 Å². The van der Waals surface area contributed by atoms with E-state index < -0.39 is 0 Å². The van der Waals surface area contributed by atoms with Crippen LogP contribution >= 0.6 is 0 Å². The van der Waals surface area contributed by atoms with Crippen LogP contribution < -0.4 is 16.0 Å². The molecular formula is C24H30N6. The van der Waals surface area contributed by atoms with Gasteiger partial charge < -0.3 is 16.0 Å². The monoisotopic (exact) mass is 402 g/mol. The van der Waals surface area contributed by atoms with E-state index in [0.717, 1.165) is 43.3 Å². The molecule has 0 aliphatic heterocycles. The van der Waals surface area contributed by atoms with Crippen LogP contribution in [0.5, 0.6) is 0 Å². The Morgan fingerprint density at radius 3 is 2.30 bits per heavy atom. The van der Waals surface area contributed by atoms with E-state index in [9.17, 15) is 0 Å². The van der Waals surface area contributed by atoms with Gasteiger partial charge in [0.1, 0.15) is 11.9 Å². The number of nitrogens with zero attached hydrogens (tertiary/aromatic N) is 3. The fraction of sp³-hybridized carbons (Fsp3) is 0.292. The average Bonchev–Trinajstić information content (AvgIpc) is 2.83. The summed E-state index contributed by atoms with van der Waals surface area (Å²) in [6.45, 7) is 4.82. The maximum Gasteiger partial charge on any atom is 0.149 e. The van der Waals surface area contributed by atoms with Gasteiger partial charge >= 0.3 is 0 Å². The smallest absolute Gasteiger partial charge is 0.149 e. The number of hydrogen-bond donors (Lipinski definition) is 3.